The second-order valence-electron chi connectivity index (χ2n) is 18.6. The average Bonchev–Trinajstić information content (AvgIpc) is 4.36. The van der Waals surface area contributed by atoms with Crippen molar-refractivity contribution in [3.8, 4) is 68.6 Å². The normalized spacial score (nSPS) is 11.4. The molecule has 0 bridgehead atoms. The maximum Gasteiger partial charge on any atom is 0.267 e. The highest BCUT2D eigenvalue weighted by Gasteiger charge is 2.24. The number of carbonyl (C=O) groups excluding carboxylic acids is 3. The fraction of sp³-hybridized carbons (Fsp3) is 0.235. The van der Waals surface area contributed by atoms with Crippen LogP contribution in [0, 0.1) is 13.8 Å². The minimum Gasteiger partial charge on any atom is -0.364 e. The Morgan fingerprint density at radius 3 is 1.28 bits per heavy atom. The van der Waals surface area contributed by atoms with Crippen LogP contribution in [0.25, 0.3) is 101 Å². The fourth-order valence-electron chi connectivity index (χ4n) is 9.19. The third-order valence-electron chi connectivity index (χ3n) is 13.1. The van der Waals surface area contributed by atoms with Crippen molar-refractivity contribution >= 4 is 50.4 Å². The highest BCUT2D eigenvalue weighted by molar-refractivity contribution is 6.01. The van der Waals surface area contributed by atoms with Gasteiger partial charge in [0, 0.05) is 116 Å². The number of carbonyl (C=O) groups is 3. The van der Waals surface area contributed by atoms with Gasteiger partial charge in [-0.2, -0.15) is 30.6 Å². The Bertz CT molecular complexity index is 4310. The molecule has 0 aliphatic rings. The van der Waals surface area contributed by atoms with Gasteiger partial charge >= 0.3 is 0 Å². The second-order valence-corrected chi connectivity index (χ2v) is 18.6. The quantitative estimate of drug-likeness (QED) is 0.176. The Labute approximate surface area is 443 Å². The van der Waals surface area contributed by atoms with Crippen LogP contribution in [-0.2, 0) is 62.9 Å². The van der Waals surface area contributed by atoms with Gasteiger partial charge in [-0.15, -0.1) is 0 Å². The number of fused-ring (bicyclic) bond motifs is 3. The van der Waals surface area contributed by atoms with E-state index in [1.165, 1.54) is 0 Å². The van der Waals surface area contributed by atoms with E-state index in [-0.39, 0.29) is 17.1 Å². The number of hydrogen-bond acceptors (Lipinski definition) is 15. The van der Waals surface area contributed by atoms with Gasteiger partial charge in [-0.05, 0) is 50.6 Å². The molecule has 6 N–H and O–H groups in total. The van der Waals surface area contributed by atoms with Crippen molar-refractivity contribution in [1.29, 1.82) is 0 Å². The van der Waals surface area contributed by atoms with Crippen molar-refractivity contribution in [3.63, 3.8) is 0 Å². The maximum atomic E-state index is 11.7. The summed E-state index contributed by atoms with van der Waals surface area (Å²) in [5, 5.41) is 28.3. The molecular formula is C51H54N24O3. The van der Waals surface area contributed by atoms with E-state index in [0.29, 0.717) is 34.6 Å². The summed E-state index contributed by atoms with van der Waals surface area (Å²) in [5.41, 5.74) is 27.8. The summed E-state index contributed by atoms with van der Waals surface area (Å²) in [7, 11) is 14.8. The summed E-state index contributed by atoms with van der Waals surface area (Å²) in [6.07, 6.45) is 16.5. The van der Waals surface area contributed by atoms with E-state index >= 15 is 0 Å². The molecule has 0 atom stereocenters. The van der Waals surface area contributed by atoms with Crippen molar-refractivity contribution < 1.29 is 14.4 Å². The Kier molecular flexibility index (Phi) is 12.9. The molecule has 0 radical (unpaired) electrons. The van der Waals surface area contributed by atoms with Crippen molar-refractivity contribution in [1.82, 2.24) is 102 Å². The van der Waals surface area contributed by atoms with Crippen LogP contribution in [0.2, 0.25) is 0 Å². The van der Waals surface area contributed by atoms with Crippen LogP contribution in [0.5, 0.6) is 0 Å². The number of rotatable bonds is 10. The summed E-state index contributed by atoms with van der Waals surface area (Å²) in [4.78, 5) is 62.7. The van der Waals surface area contributed by atoms with Crippen LogP contribution >= 0.6 is 0 Å². The lowest BCUT2D eigenvalue weighted by molar-refractivity contribution is 0.0987. The highest BCUT2D eigenvalue weighted by Crippen LogP contribution is 2.33. The largest absolute Gasteiger partial charge is 0.364 e. The van der Waals surface area contributed by atoms with Gasteiger partial charge in [0.2, 0.25) is 0 Å². The molecule has 12 heterocycles. The van der Waals surface area contributed by atoms with E-state index in [4.69, 9.17) is 32.2 Å². The van der Waals surface area contributed by atoms with Gasteiger partial charge in [-0.25, -0.2) is 29.9 Å². The van der Waals surface area contributed by atoms with E-state index < -0.39 is 17.7 Å². The molecule has 0 saturated carbocycles. The molecule has 3 amide bonds. The molecule has 0 aliphatic carbocycles. The van der Waals surface area contributed by atoms with Crippen LogP contribution in [0.1, 0.15) is 49.6 Å². The zero-order valence-corrected chi connectivity index (χ0v) is 44.6. The third-order valence-corrected chi connectivity index (χ3v) is 13.1. The lowest BCUT2D eigenvalue weighted by Crippen LogP contribution is -2.14. The molecule has 0 unspecified atom stereocenters. The van der Waals surface area contributed by atoms with Gasteiger partial charge in [-0.3, -0.25) is 42.5 Å². The summed E-state index contributed by atoms with van der Waals surface area (Å²) >= 11 is 0. The first-order valence-electron chi connectivity index (χ1n) is 24.2. The van der Waals surface area contributed by atoms with Gasteiger partial charge in [-0.1, -0.05) is 0 Å². The minimum atomic E-state index is -0.592. The van der Waals surface area contributed by atoms with Crippen molar-refractivity contribution in [2.24, 2.45) is 73.6 Å². The molecule has 0 fully saturated rings. The van der Waals surface area contributed by atoms with E-state index in [9.17, 15) is 14.4 Å². The van der Waals surface area contributed by atoms with Crippen LogP contribution in [0.15, 0.2) is 80.0 Å². The van der Waals surface area contributed by atoms with Crippen LogP contribution in [-0.4, -0.2) is 120 Å². The standard InChI is InChI=1S/3C17H18N8O/c1-9-11(7-24(3)22-9)13-8-23(2)17(21-13)15-10-6-19-25(4)14(10)5-12(20-15)16(18)26;1-9-6-19-25(4)15(9)12-8-23(2)17(22-12)14-10-7-20-24(3)13(10)5-11(21-14)16(18)26;1-4-25-6-5-11(22-25)13-9-23(2)17(21-13)15-10-8-19-24(3)14(10)7-12(20-15)16(18)26/h2*5-8H,1-4H3,(H2,18,26);5-9H,4H2,1-3H3,(H2,18,26). The lowest BCUT2D eigenvalue weighted by Gasteiger charge is -2.05. The zero-order chi connectivity index (χ0) is 55.6. The van der Waals surface area contributed by atoms with Crippen LogP contribution in [0.4, 0.5) is 0 Å². The van der Waals surface area contributed by atoms with E-state index in [1.54, 1.807) is 87.5 Å². The van der Waals surface area contributed by atoms with E-state index in [2.05, 4.69) is 45.5 Å². The Morgan fingerprint density at radius 1 is 0.487 bits per heavy atom. The first kappa shape index (κ1) is 51.0. The molecule has 27 heteroatoms. The van der Waals surface area contributed by atoms with E-state index in [0.717, 1.165) is 84.5 Å². The molecule has 12 aromatic rings. The van der Waals surface area contributed by atoms with Crippen LogP contribution < -0.4 is 17.2 Å². The summed E-state index contributed by atoms with van der Waals surface area (Å²) in [6.45, 7) is 6.74. The predicted molar refractivity (Wildman–Crippen MR) is 288 cm³/mol. The van der Waals surface area contributed by atoms with Crippen molar-refractivity contribution in [2.45, 2.75) is 27.3 Å². The molecule has 0 spiro atoms. The topological polar surface area (TPSA) is 328 Å². The van der Waals surface area contributed by atoms with Gasteiger partial charge in [0.15, 0.2) is 17.5 Å². The summed E-state index contributed by atoms with van der Waals surface area (Å²) in [5.74, 6) is 0.0989. The molecule has 27 nitrogen and oxygen atoms in total. The number of amides is 3. The molecule has 0 saturated heterocycles. The molecular weight excluding hydrogens is 997 g/mol. The molecule has 396 valence electrons. The average molecular weight is 1050 g/mol. The summed E-state index contributed by atoms with van der Waals surface area (Å²) in [6, 6.07) is 6.84. The number of aryl methyl sites for hydroxylation is 11. The first-order chi connectivity index (χ1) is 37.2. The SMILES string of the molecule is CCn1ccc(-c2cn(C)c(-c3nc(C(N)=O)cc4c3cnn4C)n2)n1.Cc1cnn(C)c1-c1cn(C)c(-c2nc(C(N)=O)cc3c2cnn3C)n1.Cc1nn(C)cc1-c1cn(C)c(-c2nc(C(N)=O)cc3c2cnn3C)n1. The van der Waals surface area contributed by atoms with Gasteiger partial charge in [0.05, 0.1) is 58.4 Å². The van der Waals surface area contributed by atoms with Gasteiger partial charge in [0.1, 0.15) is 51.2 Å². The number of imidazole rings is 3. The number of aromatic nitrogens is 21. The monoisotopic (exact) mass is 1050 g/mol. The molecule has 0 aliphatic heterocycles. The Morgan fingerprint density at radius 2 is 0.897 bits per heavy atom. The van der Waals surface area contributed by atoms with Crippen molar-refractivity contribution in [2.75, 3.05) is 0 Å². The third kappa shape index (κ3) is 9.17. The summed E-state index contributed by atoms with van der Waals surface area (Å²) < 4.78 is 16.0. The molecule has 78 heavy (non-hydrogen) atoms. The van der Waals surface area contributed by atoms with Crippen molar-refractivity contribution in [3.05, 3.63) is 108 Å². The molecule has 12 aromatic heterocycles. The Hall–Kier alpha value is -10.5. The number of primary amides is 3. The number of pyridine rings is 3. The number of hydrogen-bond donors (Lipinski definition) is 3. The number of nitrogens with two attached hydrogens (primary N) is 3. The Balaban J connectivity index is 0.000000132. The predicted octanol–water partition coefficient (Wildman–Crippen LogP) is 3.70. The van der Waals surface area contributed by atoms with Gasteiger partial charge in [0.25, 0.3) is 17.7 Å². The highest BCUT2D eigenvalue weighted by atomic mass is 16.2. The second kappa shape index (κ2) is 19.7. The maximum absolute atomic E-state index is 11.7. The van der Waals surface area contributed by atoms with Gasteiger partial charge < -0.3 is 30.9 Å². The lowest BCUT2D eigenvalue weighted by atomic mass is 10.2. The van der Waals surface area contributed by atoms with E-state index in [1.807, 2.05) is 111 Å². The minimum absolute atomic E-state index is 0.177. The number of nitrogens with zero attached hydrogens (tertiary/aromatic N) is 21. The first-order valence-corrected chi connectivity index (χ1v) is 24.2. The smallest absolute Gasteiger partial charge is 0.267 e. The zero-order valence-electron chi connectivity index (χ0n) is 44.6. The molecule has 12 rings (SSSR count). The molecule has 0 aromatic carbocycles. The van der Waals surface area contributed by atoms with Crippen LogP contribution in [0.3, 0.4) is 0 Å². The fourth-order valence-corrected chi connectivity index (χ4v) is 9.19.